The van der Waals surface area contributed by atoms with Crippen molar-refractivity contribution in [1.82, 2.24) is 5.32 Å². The molecule has 0 aromatic heterocycles. The van der Waals surface area contributed by atoms with Crippen LogP contribution in [-0.4, -0.2) is 23.0 Å². The van der Waals surface area contributed by atoms with Crippen molar-refractivity contribution in [3.63, 3.8) is 0 Å². The summed E-state index contributed by atoms with van der Waals surface area (Å²) in [7, 11) is 0. The SMILES string of the molecule is Cc1ccc(/C=C/C(=O)NC(CC(=O)O)C(C)(C)C)cc1. The minimum atomic E-state index is -0.919. The molecule has 0 aliphatic carbocycles. The lowest BCUT2D eigenvalue weighted by atomic mass is 9.84. The van der Waals surface area contributed by atoms with E-state index in [0.29, 0.717) is 0 Å². The van der Waals surface area contributed by atoms with Crippen LogP contribution in [-0.2, 0) is 9.59 Å². The van der Waals surface area contributed by atoms with Gasteiger partial charge in [-0.1, -0.05) is 50.6 Å². The van der Waals surface area contributed by atoms with Crippen LogP contribution in [0.25, 0.3) is 6.08 Å². The number of amides is 1. The fourth-order valence-electron chi connectivity index (χ4n) is 1.82. The van der Waals surface area contributed by atoms with Gasteiger partial charge in [-0.05, 0) is 24.0 Å². The molecule has 4 nitrogen and oxygen atoms in total. The van der Waals surface area contributed by atoms with E-state index in [2.05, 4.69) is 5.32 Å². The first kappa shape index (κ1) is 17.0. The number of nitrogens with one attached hydrogen (secondary N) is 1. The standard InChI is InChI=1S/C17H23NO3/c1-12-5-7-13(8-6-12)9-10-15(19)18-14(11-16(20)21)17(2,3)4/h5-10,14H,11H2,1-4H3,(H,18,19)(H,20,21)/b10-9+. The van der Waals surface area contributed by atoms with Crippen molar-refractivity contribution in [2.24, 2.45) is 5.41 Å². The van der Waals surface area contributed by atoms with E-state index in [1.54, 1.807) is 6.08 Å². The zero-order valence-corrected chi connectivity index (χ0v) is 13.0. The highest BCUT2D eigenvalue weighted by molar-refractivity contribution is 5.92. The number of carboxylic acids is 1. The van der Waals surface area contributed by atoms with E-state index in [9.17, 15) is 9.59 Å². The molecule has 1 rings (SSSR count). The van der Waals surface area contributed by atoms with Gasteiger partial charge in [0.25, 0.3) is 0 Å². The summed E-state index contributed by atoms with van der Waals surface area (Å²) >= 11 is 0. The number of aliphatic carboxylic acids is 1. The molecule has 0 heterocycles. The summed E-state index contributed by atoms with van der Waals surface area (Å²) in [5.41, 5.74) is 1.78. The molecule has 1 aromatic rings. The fraction of sp³-hybridized carbons (Fsp3) is 0.412. The second-order valence-electron chi connectivity index (χ2n) is 6.27. The lowest BCUT2D eigenvalue weighted by Gasteiger charge is -2.29. The van der Waals surface area contributed by atoms with E-state index in [0.717, 1.165) is 11.1 Å². The van der Waals surface area contributed by atoms with Gasteiger partial charge < -0.3 is 10.4 Å². The van der Waals surface area contributed by atoms with Crippen molar-refractivity contribution in [3.05, 3.63) is 41.5 Å². The zero-order chi connectivity index (χ0) is 16.0. The number of aryl methyl sites for hydroxylation is 1. The van der Waals surface area contributed by atoms with Gasteiger partial charge >= 0.3 is 5.97 Å². The monoisotopic (exact) mass is 289 g/mol. The maximum Gasteiger partial charge on any atom is 0.305 e. The van der Waals surface area contributed by atoms with Gasteiger partial charge in [0.05, 0.1) is 6.42 Å². The van der Waals surface area contributed by atoms with Gasteiger partial charge in [-0.2, -0.15) is 0 Å². The third kappa shape index (κ3) is 6.25. The Hall–Kier alpha value is -2.10. The highest BCUT2D eigenvalue weighted by atomic mass is 16.4. The molecule has 2 N–H and O–H groups in total. The van der Waals surface area contributed by atoms with Crippen LogP contribution in [0.3, 0.4) is 0 Å². The minimum Gasteiger partial charge on any atom is -0.481 e. The molecule has 0 saturated heterocycles. The van der Waals surface area contributed by atoms with Crippen LogP contribution in [0.4, 0.5) is 0 Å². The van der Waals surface area contributed by atoms with Crippen LogP contribution in [0.5, 0.6) is 0 Å². The van der Waals surface area contributed by atoms with E-state index in [4.69, 9.17) is 5.11 Å². The summed E-state index contributed by atoms with van der Waals surface area (Å²) in [6.07, 6.45) is 3.06. The van der Waals surface area contributed by atoms with E-state index < -0.39 is 12.0 Å². The van der Waals surface area contributed by atoms with Crippen LogP contribution < -0.4 is 5.32 Å². The highest BCUT2D eigenvalue weighted by Gasteiger charge is 2.27. The smallest absolute Gasteiger partial charge is 0.305 e. The zero-order valence-electron chi connectivity index (χ0n) is 13.0. The predicted molar refractivity (Wildman–Crippen MR) is 83.9 cm³/mol. The average molecular weight is 289 g/mol. The Morgan fingerprint density at radius 3 is 2.29 bits per heavy atom. The lowest BCUT2D eigenvalue weighted by Crippen LogP contribution is -2.44. The van der Waals surface area contributed by atoms with Gasteiger partial charge in [0, 0.05) is 12.1 Å². The number of carbonyl (C=O) groups excluding carboxylic acids is 1. The van der Waals surface area contributed by atoms with Gasteiger partial charge in [0.2, 0.25) is 5.91 Å². The molecule has 21 heavy (non-hydrogen) atoms. The molecule has 0 fully saturated rings. The molecule has 0 radical (unpaired) electrons. The fourth-order valence-corrected chi connectivity index (χ4v) is 1.82. The second-order valence-corrected chi connectivity index (χ2v) is 6.27. The maximum absolute atomic E-state index is 11.9. The van der Waals surface area contributed by atoms with Crippen molar-refractivity contribution >= 4 is 18.0 Å². The molecule has 1 atom stereocenters. The minimum absolute atomic E-state index is 0.0897. The molecule has 4 heteroatoms. The van der Waals surface area contributed by atoms with Gasteiger partial charge in [-0.25, -0.2) is 0 Å². The molecule has 114 valence electrons. The lowest BCUT2D eigenvalue weighted by molar-refractivity contribution is -0.138. The van der Waals surface area contributed by atoms with E-state index in [-0.39, 0.29) is 17.7 Å². The summed E-state index contributed by atoms with van der Waals surface area (Å²) in [4.78, 5) is 22.8. The molecule has 1 unspecified atom stereocenters. The number of hydrogen-bond donors (Lipinski definition) is 2. The third-order valence-electron chi connectivity index (χ3n) is 3.25. The highest BCUT2D eigenvalue weighted by Crippen LogP contribution is 2.21. The first-order valence-corrected chi connectivity index (χ1v) is 6.95. The quantitative estimate of drug-likeness (QED) is 0.819. The average Bonchev–Trinajstić information content (AvgIpc) is 2.36. The molecular formula is C17H23NO3. The Labute approximate surface area is 125 Å². The number of carbonyl (C=O) groups is 2. The van der Waals surface area contributed by atoms with Crippen molar-refractivity contribution < 1.29 is 14.7 Å². The van der Waals surface area contributed by atoms with Gasteiger partial charge in [0.15, 0.2) is 0 Å². The molecule has 1 aromatic carbocycles. The number of rotatable bonds is 5. The molecule has 0 bridgehead atoms. The van der Waals surface area contributed by atoms with Crippen molar-refractivity contribution in [2.45, 2.75) is 40.2 Å². The second kappa shape index (κ2) is 7.07. The van der Waals surface area contributed by atoms with Gasteiger partial charge in [-0.15, -0.1) is 0 Å². The van der Waals surface area contributed by atoms with E-state index >= 15 is 0 Å². The Morgan fingerprint density at radius 2 is 1.81 bits per heavy atom. The Kier molecular flexibility index (Phi) is 5.70. The number of carboxylic acid groups (broad SMARTS) is 1. The van der Waals surface area contributed by atoms with Gasteiger partial charge in [-0.3, -0.25) is 9.59 Å². The summed E-state index contributed by atoms with van der Waals surface area (Å²) in [6, 6.07) is 7.39. The summed E-state index contributed by atoms with van der Waals surface area (Å²) < 4.78 is 0. The summed E-state index contributed by atoms with van der Waals surface area (Å²) in [6.45, 7) is 7.72. The Balaban J connectivity index is 2.69. The van der Waals surface area contributed by atoms with Crippen LogP contribution >= 0.6 is 0 Å². The van der Waals surface area contributed by atoms with Gasteiger partial charge in [0.1, 0.15) is 0 Å². The molecular weight excluding hydrogens is 266 g/mol. The molecule has 0 aliphatic rings. The molecule has 0 spiro atoms. The molecule has 1 amide bonds. The van der Waals surface area contributed by atoms with Crippen LogP contribution in [0.15, 0.2) is 30.3 Å². The van der Waals surface area contributed by atoms with Crippen molar-refractivity contribution in [2.75, 3.05) is 0 Å². The van der Waals surface area contributed by atoms with Crippen LogP contribution in [0.2, 0.25) is 0 Å². The number of hydrogen-bond acceptors (Lipinski definition) is 2. The molecule has 0 aliphatic heterocycles. The van der Waals surface area contributed by atoms with Crippen LogP contribution in [0.1, 0.15) is 38.3 Å². The first-order chi connectivity index (χ1) is 9.68. The van der Waals surface area contributed by atoms with E-state index in [1.165, 1.54) is 6.08 Å². The largest absolute Gasteiger partial charge is 0.481 e. The van der Waals surface area contributed by atoms with E-state index in [1.807, 2.05) is 52.0 Å². The topological polar surface area (TPSA) is 66.4 Å². The first-order valence-electron chi connectivity index (χ1n) is 6.95. The Bertz CT molecular complexity index is 524. The normalized spacial score (nSPS) is 13.1. The third-order valence-corrected chi connectivity index (χ3v) is 3.25. The van der Waals surface area contributed by atoms with Crippen molar-refractivity contribution in [1.29, 1.82) is 0 Å². The number of benzene rings is 1. The maximum atomic E-state index is 11.9. The molecule has 0 saturated carbocycles. The predicted octanol–water partition coefficient (Wildman–Crippen LogP) is 3.01. The van der Waals surface area contributed by atoms with Crippen LogP contribution in [0, 0.1) is 12.3 Å². The Morgan fingerprint density at radius 1 is 1.24 bits per heavy atom. The van der Waals surface area contributed by atoms with Crippen molar-refractivity contribution in [3.8, 4) is 0 Å². The summed E-state index contributed by atoms with van der Waals surface area (Å²) in [5, 5.41) is 11.7. The summed E-state index contributed by atoms with van der Waals surface area (Å²) in [5.74, 6) is -1.20.